The Labute approximate surface area is 128 Å². The number of nitrogens with one attached hydrogen (secondary N) is 1. The van der Waals surface area contributed by atoms with Gasteiger partial charge in [0.05, 0.1) is 5.56 Å². The van der Waals surface area contributed by atoms with Crippen molar-refractivity contribution in [2.75, 3.05) is 6.54 Å². The first kappa shape index (κ1) is 16.8. The van der Waals surface area contributed by atoms with Gasteiger partial charge in [-0.2, -0.15) is 13.2 Å². The summed E-state index contributed by atoms with van der Waals surface area (Å²) in [7, 11) is 0. The number of halogens is 3. The van der Waals surface area contributed by atoms with E-state index in [9.17, 15) is 18.0 Å². The molecule has 1 amide bonds. The lowest BCUT2D eigenvalue weighted by atomic mass is 9.93. The minimum Gasteiger partial charge on any atom is -0.355 e. The average Bonchev–Trinajstić information content (AvgIpc) is 3.24. The summed E-state index contributed by atoms with van der Waals surface area (Å²) in [5, 5.41) is 2.82. The van der Waals surface area contributed by atoms with Gasteiger partial charge >= 0.3 is 6.18 Å². The third-order valence-corrected chi connectivity index (χ3v) is 4.46. The van der Waals surface area contributed by atoms with Crippen LogP contribution in [0.4, 0.5) is 13.2 Å². The van der Waals surface area contributed by atoms with Crippen LogP contribution in [-0.4, -0.2) is 18.5 Å². The maximum absolute atomic E-state index is 12.8. The number of hydrogen-bond acceptors (Lipinski definition) is 2. The molecule has 2 atom stereocenters. The van der Waals surface area contributed by atoms with E-state index in [1.54, 1.807) is 19.9 Å². The van der Waals surface area contributed by atoms with Crippen molar-refractivity contribution >= 4 is 5.91 Å². The Bertz CT molecular complexity index is 551. The molecule has 122 valence electrons. The van der Waals surface area contributed by atoms with Crippen LogP contribution in [0.15, 0.2) is 24.3 Å². The van der Waals surface area contributed by atoms with Gasteiger partial charge in [0.1, 0.15) is 0 Å². The van der Waals surface area contributed by atoms with Gasteiger partial charge < -0.3 is 11.1 Å². The minimum absolute atomic E-state index is 0.159. The van der Waals surface area contributed by atoms with Gasteiger partial charge in [0.25, 0.3) is 0 Å². The van der Waals surface area contributed by atoms with Crippen LogP contribution in [0.25, 0.3) is 0 Å². The van der Waals surface area contributed by atoms with E-state index in [0.29, 0.717) is 12.1 Å². The van der Waals surface area contributed by atoms with Crippen LogP contribution >= 0.6 is 0 Å². The van der Waals surface area contributed by atoms with E-state index >= 15 is 0 Å². The molecular formula is C16H21F3N2O. The molecule has 3 N–H and O–H groups in total. The fourth-order valence-corrected chi connectivity index (χ4v) is 2.40. The largest absolute Gasteiger partial charge is 0.416 e. The smallest absolute Gasteiger partial charge is 0.355 e. The molecule has 0 bridgehead atoms. The van der Waals surface area contributed by atoms with Crippen LogP contribution in [0.3, 0.4) is 0 Å². The summed E-state index contributed by atoms with van der Waals surface area (Å²) in [4.78, 5) is 11.9. The number of carbonyl (C=O) groups is 1. The molecule has 1 fully saturated rings. The summed E-state index contributed by atoms with van der Waals surface area (Å²) in [5.74, 6) is -0.481. The summed E-state index contributed by atoms with van der Waals surface area (Å²) in [6, 6.07) is 5.11. The number of benzene rings is 1. The number of nitrogens with two attached hydrogens (primary N) is 1. The topological polar surface area (TPSA) is 55.1 Å². The first-order chi connectivity index (χ1) is 10.2. The van der Waals surface area contributed by atoms with Crippen LogP contribution in [-0.2, 0) is 16.4 Å². The van der Waals surface area contributed by atoms with Crippen molar-refractivity contribution in [3.63, 3.8) is 0 Å². The van der Waals surface area contributed by atoms with Crippen molar-refractivity contribution in [3.8, 4) is 0 Å². The quantitative estimate of drug-likeness (QED) is 0.878. The normalized spacial score (nSPS) is 19.4. The van der Waals surface area contributed by atoms with E-state index in [-0.39, 0.29) is 23.3 Å². The van der Waals surface area contributed by atoms with Gasteiger partial charge in [-0.1, -0.05) is 25.1 Å². The van der Waals surface area contributed by atoms with Crippen LogP contribution in [0.5, 0.6) is 0 Å². The zero-order valence-electron chi connectivity index (χ0n) is 12.7. The predicted octanol–water partition coefficient (Wildman–Crippen LogP) is 2.84. The van der Waals surface area contributed by atoms with E-state index in [2.05, 4.69) is 5.32 Å². The number of alkyl halides is 3. The molecule has 1 aromatic rings. The predicted molar refractivity (Wildman–Crippen MR) is 78.2 cm³/mol. The molecule has 6 heteroatoms. The number of hydrogen-bond donors (Lipinski definition) is 2. The molecule has 1 saturated carbocycles. The third kappa shape index (κ3) is 3.61. The molecule has 1 aliphatic rings. The molecule has 1 aliphatic carbocycles. The maximum Gasteiger partial charge on any atom is 0.416 e. The Morgan fingerprint density at radius 2 is 2.00 bits per heavy atom. The highest BCUT2D eigenvalue weighted by Gasteiger charge is 2.45. The van der Waals surface area contributed by atoms with Gasteiger partial charge in [0, 0.05) is 23.9 Å². The van der Waals surface area contributed by atoms with Gasteiger partial charge in [-0.15, -0.1) is 0 Å². The van der Waals surface area contributed by atoms with E-state index in [4.69, 9.17) is 5.73 Å². The van der Waals surface area contributed by atoms with Crippen LogP contribution in [0.2, 0.25) is 0 Å². The van der Waals surface area contributed by atoms with Crippen molar-refractivity contribution in [3.05, 3.63) is 35.4 Å². The lowest BCUT2D eigenvalue weighted by Crippen LogP contribution is -2.41. The highest BCUT2D eigenvalue weighted by Crippen LogP contribution is 2.48. The number of amides is 1. The molecule has 2 rings (SSSR count). The second kappa shape index (κ2) is 5.91. The van der Waals surface area contributed by atoms with Gasteiger partial charge in [0.2, 0.25) is 5.91 Å². The lowest BCUT2D eigenvalue weighted by Gasteiger charge is -2.21. The second-order valence-electron chi connectivity index (χ2n) is 6.22. The average molecular weight is 314 g/mol. The molecular weight excluding hydrogens is 293 g/mol. The van der Waals surface area contributed by atoms with Crippen molar-refractivity contribution in [1.29, 1.82) is 0 Å². The molecule has 0 spiro atoms. The summed E-state index contributed by atoms with van der Waals surface area (Å²) in [6.45, 7) is 3.85. The molecule has 1 aromatic carbocycles. The Balaban J connectivity index is 2.08. The van der Waals surface area contributed by atoms with Crippen molar-refractivity contribution < 1.29 is 18.0 Å². The lowest BCUT2D eigenvalue weighted by molar-refractivity contribution is -0.137. The van der Waals surface area contributed by atoms with E-state index in [0.717, 1.165) is 18.9 Å². The molecule has 22 heavy (non-hydrogen) atoms. The Morgan fingerprint density at radius 3 is 2.50 bits per heavy atom. The van der Waals surface area contributed by atoms with Gasteiger partial charge in [-0.25, -0.2) is 0 Å². The second-order valence-corrected chi connectivity index (χ2v) is 6.22. The Hall–Kier alpha value is -1.56. The monoisotopic (exact) mass is 314 g/mol. The molecule has 0 saturated heterocycles. The van der Waals surface area contributed by atoms with Gasteiger partial charge in [-0.05, 0) is 31.4 Å². The fourth-order valence-electron chi connectivity index (χ4n) is 2.40. The maximum atomic E-state index is 12.8. The zero-order valence-corrected chi connectivity index (χ0v) is 12.7. The highest BCUT2D eigenvalue weighted by molar-refractivity contribution is 5.79. The Morgan fingerprint density at radius 1 is 1.36 bits per heavy atom. The SMILES string of the molecule is CC(N)C(C)C(=O)NCC1(c2cccc(C(F)(F)F)c2)CC1. The van der Waals surface area contributed by atoms with Crippen molar-refractivity contribution in [2.45, 2.75) is 44.3 Å². The minimum atomic E-state index is -4.35. The van der Waals surface area contributed by atoms with E-state index in [1.807, 2.05) is 0 Å². The number of carbonyl (C=O) groups excluding carboxylic acids is 1. The molecule has 0 heterocycles. The van der Waals surface area contributed by atoms with Crippen LogP contribution in [0, 0.1) is 5.92 Å². The highest BCUT2D eigenvalue weighted by atomic mass is 19.4. The van der Waals surface area contributed by atoms with Gasteiger partial charge in [-0.3, -0.25) is 4.79 Å². The summed E-state index contributed by atoms with van der Waals surface area (Å²) in [5.41, 5.74) is 5.31. The first-order valence-corrected chi connectivity index (χ1v) is 7.37. The van der Waals surface area contributed by atoms with Crippen LogP contribution in [0.1, 0.15) is 37.8 Å². The standard InChI is InChI=1S/C16H21F3N2O/c1-10(11(2)20)14(22)21-9-15(6-7-15)12-4-3-5-13(8-12)16(17,18)19/h3-5,8,10-11H,6-7,9,20H2,1-2H3,(H,21,22). The summed E-state index contributed by atoms with van der Waals surface area (Å²) < 4.78 is 38.4. The zero-order chi connectivity index (χ0) is 16.5. The van der Waals surface area contributed by atoms with E-state index < -0.39 is 11.7 Å². The molecule has 3 nitrogen and oxygen atoms in total. The molecule has 0 radical (unpaired) electrons. The summed E-state index contributed by atoms with van der Waals surface area (Å²) >= 11 is 0. The number of rotatable bonds is 5. The molecule has 0 aromatic heterocycles. The first-order valence-electron chi connectivity index (χ1n) is 7.37. The van der Waals surface area contributed by atoms with Crippen molar-refractivity contribution in [1.82, 2.24) is 5.32 Å². The van der Waals surface area contributed by atoms with Gasteiger partial charge in [0.15, 0.2) is 0 Å². The summed E-state index contributed by atoms with van der Waals surface area (Å²) in [6.07, 6.45) is -2.79. The fraction of sp³-hybridized carbons (Fsp3) is 0.562. The Kier molecular flexibility index (Phi) is 4.52. The third-order valence-electron chi connectivity index (χ3n) is 4.46. The molecule has 0 aliphatic heterocycles. The molecule has 2 unspecified atom stereocenters. The van der Waals surface area contributed by atoms with E-state index in [1.165, 1.54) is 12.1 Å². The van der Waals surface area contributed by atoms with Crippen LogP contribution < -0.4 is 11.1 Å². The van der Waals surface area contributed by atoms with Crippen molar-refractivity contribution in [2.24, 2.45) is 11.7 Å².